The number of aliphatic carboxylic acids is 1. The molecule has 11 heavy (non-hydrogen) atoms. The van der Waals surface area contributed by atoms with Crippen molar-refractivity contribution >= 4 is 5.97 Å². The summed E-state index contributed by atoms with van der Waals surface area (Å²) in [6.07, 6.45) is -1.61. The first kappa shape index (κ1) is 7.61. The molecule has 0 radical (unpaired) electrons. The molecule has 0 aromatic carbocycles. The van der Waals surface area contributed by atoms with E-state index in [9.17, 15) is 4.79 Å². The number of carbonyl (C=O) groups is 1. The molecule has 1 aromatic rings. The molecule has 7 nitrogen and oxygen atoms in total. The maximum atomic E-state index is 10.1. The van der Waals surface area contributed by atoms with E-state index < -0.39 is 18.5 Å². The summed E-state index contributed by atoms with van der Waals surface area (Å²) in [5.74, 6) is -1.12. The van der Waals surface area contributed by atoms with Crippen LogP contribution in [-0.4, -0.2) is 36.8 Å². The lowest BCUT2D eigenvalue weighted by molar-refractivity contribution is -0.139. The van der Waals surface area contributed by atoms with Gasteiger partial charge in [-0.05, 0) is 0 Å². The Morgan fingerprint density at radius 1 is 1.73 bits per heavy atom. The van der Waals surface area contributed by atoms with Gasteiger partial charge in [0.05, 0.1) is 6.42 Å². The summed E-state index contributed by atoms with van der Waals surface area (Å²) in [6.45, 7) is 0. The van der Waals surface area contributed by atoms with E-state index >= 15 is 0 Å². The fourth-order valence-corrected chi connectivity index (χ4v) is 0.567. The molecule has 0 saturated carbocycles. The van der Waals surface area contributed by atoms with Crippen molar-refractivity contribution < 1.29 is 15.0 Å². The van der Waals surface area contributed by atoms with Crippen molar-refractivity contribution in [3.8, 4) is 0 Å². The Kier molecular flexibility index (Phi) is 2.12. The van der Waals surface area contributed by atoms with Crippen LogP contribution in [0.15, 0.2) is 0 Å². The summed E-state index contributed by atoms with van der Waals surface area (Å²) in [7, 11) is 0. The molecule has 0 aliphatic carbocycles. The number of carboxylic acids is 1. The van der Waals surface area contributed by atoms with Crippen molar-refractivity contribution in [3.63, 3.8) is 0 Å². The minimum Gasteiger partial charge on any atom is -0.481 e. The van der Waals surface area contributed by atoms with Crippen LogP contribution in [0.4, 0.5) is 0 Å². The summed E-state index contributed by atoms with van der Waals surface area (Å²) >= 11 is 0. The normalized spacial score (nSPS) is 12.8. The van der Waals surface area contributed by atoms with Gasteiger partial charge in [-0.25, -0.2) is 0 Å². The van der Waals surface area contributed by atoms with E-state index in [0.29, 0.717) is 0 Å². The molecule has 0 spiro atoms. The van der Waals surface area contributed by atoms with Gasteiger partial charge in [-0.2, -0.15) is 5.21 Å². The van der Waals surface area contributed by atoms with Crippen LogP contribution in [0.2, 0.25) is 0 Å². The van der Waals surface area contributed by atoms with Crippen molar-refractivity contribution in [2.45, 2.75) is 12.5 Å². The largest absolute Gasteiger partial charge is 0.481 e. The van der Waals surface area contributed by atoms with Gasteiger partial charge in [-0.15, -0.1) is 10.2 Å². The van der Waals surface area contributed by atoms with Gasteiger partial charge in [0.2, 0.25) is 5.82 Å². The van der Waals surface area contributed by atoms with Crippen molar-refractivity contribution in [1.82, 2.24) is 20.6 Å². The number of aromatic nitrogens is 4. The second-order valence-electron chi connectivity index (χ2n) is 1.88. The number of nitrogens with zero attached hydrogens (tertiary/aromatic N) is 3. The molecule has 1 aromatic heterocycles. The molecule has 0 bridgehead atoms. The smallest absolute Gasteiger partial charge is 0.306 e. The molecule has 0 unspecified atom stereocenters. The van der Waals surface area contributed by atoms with Gasteiger partial charge in [0.1, 0.15) is 6.10 Å². The van der Waals surface area contributed by atoms with Crippen LogP contribution in [0.5, 0.6) is 0 Å². The Morgan fingerprint density at radius 2 is 2.45 bits per heavy atom. The zero-order valence-electron chi connectivity index (χ0n) is 5.43. The van der Waals surface area contributed by atoms with Gasteiger partial charge in [0.25, 0.3) is 0 Å². The SMILES string of the molecule is O=C(O)C[C@@H](O)c1nn[nH]n1. The minimum atomic E-state index is -1.19. The number of aliphatic hydroxyl groups is 1. The third-order valence-electron chi connectivity index (χ3n) is 1.03. The maximum absolute atomic E-state index is 10.1. The zero-order chi connectivity index (χ0) is 8.27. The fourth-order valence-electron chi connectivity index (χ4n) is 0.567. The number of H-pyrrole nitrogens is 1. The second-order valence-corrected chi connectivity index (χ2v) is 1.88. The van der Waals surface area contributed by atoms with E-state index in [0.717, 1.165) is 0 Å². The monoisotopic (exact) mass is 158 g/mol. The van der Waals surface area contributed by atoms with Gasteiger partial charge in [-0.3, -0.25) is 4.79 Å². The maximum Gasteiger partial charge on any atom is 0.306 e. The van der Waals surface area contributed by atoms with Crippen molar-refractivity contribution in [1.29, 1.82) is 0 Å². The number of nitrogens with one attached hydrogen (secondary N) is 1. The first-order valence-electron chi connectivity index (χ1n) is 2.83. The molecule has 0 fully saturated rings. The average molecular weight is 158 g/mol. The summed E-state index contributed by atoms with van der Waals surface area (Å²) in [6, 6.07) is 0. The number of tetrazole rings is 1. The molecule has 1 heterocycles. The predicted octanol–water partition coefficient (Wildman–Crippen LogP) is -1.29. The Morgan fingerprint density at radius 3 is 2.91 bits per heavy atom. The summed E-state index contributed by atoms with van der Waals surface area (Å²) < 4.78 is 0. The quantitative estimate of drug-likeness (QED) is 0.504. The van der Waals surface area contributed by atoms with Crippen LogP contribution >= 0.6 is 0 Å². The first-order chi connectivity index (χ1) is 5.20. The number of aromatic amines is 1. The van der Waals surface area contributed by atoms with Crippen LogP contribution in [0.3, 0.4) is 0 Å². The number of rotatable bonds is 3. The van der Waals surface area contributed by atoms with Gasteiger partial charge in [-0.1, -0.05) is 5.21 Å². The van der Waals surface area contributed by atoms with Crippen LogP contribution in [0, 0.1) is 0 Å². The molecule has 0 saturated heterocycles. The van der Waals surface area contributed by atoms with Gasteiger partial charge >= 0.3 is 5.97 Å². The van der Waals surface area contributed by atoms with Crippen LogP contribution < -0.4 is 0 Å². The van der Waals surface area contributed by atoms with E-state index in [4.69, 9.17) is 10.2 Å². The lowest BCUT2D eigenvalue weighted by Gasteiger charge is -1.99. The molecule has 3 N–H and O–H groups in total. The number of hydrogen-bond donors (Lipinski definition) is 3. The van der Waals surface area contributed by atoms with E-state index in [1.807, 2.05) is 0 Å². The molecular weight excluding hydrogens is 152 g/mol. The van der Waals surface area contributed by atoms with E-state index in [2.05, 4.69) is 20.6 Å². The van der Waals surface area contributed by atoms with E-state index in [-0.39, 0.29) is 5.82 Å². The van der Waals surface area contributed by atoms with Crippen molar-refractivity contribution in [2.24, 2.45) is 0 Å². The molecule has 0 amide bonds. The van der Waals surface area contributed by atoms with Crippen LogP contribution in [-0.2, 0) is 4.79 Å². The second kappa shape index (κ2) is 3.06. The Hall–Kier alpha value is -1.50. The highest BCUT2D eigenvalue weighted by Gasteiger charge is 2.15. The zero-order valence-corrected chi connectivity index (χ0v) is 5.43. The fraction of sp³-hybridized carbons (Fsp3) is 0.500. The van der Waals surface area contributed by atoms with Crippen LogP contribution in [0.1, 0.15) is 18.3 Å². The van der Waals surface area contributed by atoms with E-state index in [1.165, 1.54) is 0 Å². The topological polar surface area (TPSA) is 112 Å². The Labute approximate surface area is 61.0 Å². The number of aliphatic hydroxyl groups excluding tert-OH is 1. The van der Waals surface area contributed by atoms with Gasteiger partial charge < -0.3 is 10.2 Å². The average Bonchev–Trinajstić information content (AvgIpc) is 2.35. The summed E-state index contributed by atoms with van der Waals surface area (Å²) in [5, 5.41) is 29.3. The highest BCUT2D eigenvalue weighted by atomic mass is 16.4. The standard InChI is InChI=1S/C4H6N4O3/c9-2(1-3(10)11)4-5-7-8-6-4/h2,9H,1H2,(H,10,11)(H,5,6,7,8)/t2-/m1/s1. The third kappa shape index (κ3) is 1.97. The first-order valence-corrected chi connectivity index (χ1v) is 2.83. The highest BCUT2D eigenvalue weighted by molar-refractivity contribution is 5.67. The van der Waals surface area contributed by atoms with E-state index in [1.54, 1.807) is 0 Å². The molecule has 1 atom stereocenters. The van der Waals surface area contributed by atoms with Gasteiger partial charge in [0, 0.05) is 0 Å². The van der Waals surface area contributed by atoms with Crippen molar-refractivity contribution in [3.05, 3.63) is 5.82 Å². The highest BCUT2D eigenvalue weighted by Crippen LogP contribution is 2.08. The summed E-state index contributed by atoms with van der Waals surface area (Å²) in [4.78, 5) is 10.1. The lowest BCUT2D eigenvalue weighted by Crippen LogP contribution is -2.06. The molecular formula is C4H6N4O3. The van der Waals surface area contributed by atoms with Gasteiger partial charge in [0.15, 0.2) is 0 Å². The summed E-state index contributed by atoms with van der Waals surface area (Å²) in [5.41, 5.74) is 0. The van der Waals surface area contributed by atoms with Crippen molar-refractivity contribution in [2.75, 3.05) is 0 Å². The molecule has 60 valence electrons. The lowest BCUT2D eigenvalue weighted by atomic mass is 10.2. The predicted molar refractivity (Wildman–Crippen MR) is 31.4 cm³/mol. The molecule has 0 aliphatic heterocycles. The molecule has 7 heteroatoms. The third-order valence-corrected chi connectivity index (χ3v) is 1.03. The minimum absolute atomic E-state index is 0.00704. The number of hydrogen-bond acceptors (Lipinski definition) is 5. The number of carboxylic acid groups (broad SMARTS) is 1. The Balaban J connectivity index is 2.56. The van der Waals surface area contributed by atoms with Crippen LogP contribution in [0.25, 0.3) is 0 Å². The molecule has 0 aliphatic rings. The molecule has 1 rings (SSSR count). The Bertz CT molecular complexity index is 233.